The second kappa shape index (κ2) is 6.49. The summed E-state index contributed by atoms with van der Waals surface area (Å²) in [5.74, 6) is -0.938. The topological polar surface area (TPSA) is 73.3 Å². The highest BCUT2D eigenvalue weighted by Crippen LogP contribution is 2.19. The lowest BCUT2D eigenvalue weighted by Crippen LogP contribution is -2.16. The van der Waals surface area contributed by atoms with E-state index in [-0.39, 0.29) is 23.3 Å². The zero-order chi connectivity index (χ0) is 15.4. The highest BCUT2D eigenvalue weighted by atomic mass is 79.9. The molecule has 1 aromatic carbocycles. The lowest BCUT2D eigenvalue weighted by atomic mass is 10.2. The fourth-order valence-electron chi connectivity index (χ4n) is 1.51. The fraction of sp³-hybridized carbons (Fsp3) is 0.154. The monoisotopic (exact) mass is 355 g/mol. The predicted molar refractivity (Wildman–Crippen MR) is 77.2 cm³/mol. The minimum Gasteiger partial charge on any atom is -0.481 e. The Morgan fingerprint density at radius 2 is 1.81 bits per heavy atom. The van der Waals surface area contributed by atoms with Crippen molar-refractivity contribution in [2.45, 2.75) is 0 Å². The molecule has 0 aliphatic rings. The Balaban J connectivity index is 2.26. The molecule has 2 aromatic rings. The molecule has 0 unspecified atom stereocenters. The summed E-state index contributed by atoms with van der Waals surface area (Å²) >= 11 is 3.12. The van der Waals surface area contributed by atoms with E-state index in [2.05, 4.69) is 31.2 Å². The second-order valence-electron chi connectivity index (χ2n) is 3.85. The van der Waals surface area contributed by atoms with Gasteiger partial charge in [0.2, 0.25) is 17.7 Å². The molecule has 110 valence electrons. The molecule has 6 nitrogen and oxygen atoms in total. The number of halogens is 2. The van der Waals surface area contributed by atoms with Crippen molar-refractivity contribution in [1.29, 1.82) is 0 Å². The molecule has 0 fully saturated rings. The molecule has 21 heavy (non-hydrogen) atoms. The molecule has 1 heterocycles. The van der Waals surface area contributed by atoms with Gasteiger partial charge in [0.1, 0.15) is 5.82 Å². The van der Waals surface area contributed by atoms with E-state index in [1.807, 2.05) is 0 Å². The standard InChI is InChI=1S/C13H11BrFN3O3/c1-20-10-6-11(21-2)17-13(16-10)18-12(19)8-4-3-7(14)5-9(8)15/h3-6H,1-2H3,(H,16,17,18,19). The van der Waals surface area contributed by atoms with Crippen LogP contribution in [-0.4, -0.2) is 30.1 Å². The molecule has 1 amide bonds. The summed E-state index contributed by atoms with van der Waals surface area (Å²) in [6.07, 6.45) is 0. The van der Waals surface area contributed by atoms with E-state index in [0.29, 0.717) is 4.47 Å². The highest BCUT2D eigenvalue weighted by molar-refractivity contribution is 9.10. The van der Waals surface area contributed by atoms with Crippen molar-refractivity contribution in [3.05, 3.63) is 40.1 Å². The Labute approximate surface area is 128 Å². The van der Waals surface area contributed by atoms with Gasteiger partial charge in [0.15, 0.2) is 0 Å². The highest BCUT2D eigenvalue weighted by Gasteiger charge is 2.14. The van der Waals surface area contributed by atoms with Gasteiger partial charge in [-0.3, -0.25) is 10.1 Å². The average Bonchev–Trinajstić information content (AvgIpc) is 2.46. The molecule has 0 saturated heterocycles. The van der Waals surface area contributed by atoms with E-state index in [0.717, 1.165) is 0 Å². The molecule has 0 atom stereocenters. The summed E-state index contributed by atoms with van der Waals surface area (Å²) in [4.78, 5) is 19.9. The summed E-state index contributed by atoms with van der Waals surface area (Å²) in [5.41, 5.74) is -0.122. The number of aromatic nitrogens is 2. The third-order valence-electron chi connectivity index (χ3n) is 2.50. The Morgan fingerprint density at radius 1 is 1.19 bits per heavy atom. The number of hydrogen-bond acceptors (Lipinski definition) is 5. The van der Waals surface area contributed by atoms with Crippen molar-refractivity contribution >= 4 is 27.8 Å². The molecule has 0 radical (unpaired) electrons. The summed E-state index contributed by atoms with van der Waals surface area (Å²) in [6, 6.07) is 5.56. The lowest BCUT2D eigenvalue weighted by Gasteiger charge is -2.08. The van der Waals surface area contributed by atoms with E-state index in [1.54, 1.807) is 6.07 Å². The van der Waals surface area contributed by atoms with Crippen LogP contribution in [0.3, 0.4) is 0 Å². The normalized spacial score (nSPS) is 10.1. The molecule has 1 N–H and O–H groups in total. The third kappa shape index (κ3) is 3.66. The molecule has 0 aliphatic carbocycles. The first-order valence-corrected chi connectivity index (χ1v) is 6.56. The molecular formula is C13H11BrFN3O3. The SMILES string of the molecule is COc1cc(OC)nc(NC(=O)c2ccc(Br)cc2F)n1. The van der Waals surface area contributed by atoms with Crippen molar-refractivity contribution in [1.82, 2.24) is 9.97 Å². The van der Waals surface area contributed by atoms with Crippen LogP contribution in [0.1, 0.15) is 10.4 Å². The minimum absolute atomic E-state index is 0.0430. The average molecular weight is 356 g/mol. The minimum atomic E-state index is -0.671. The number of hydrogen-bond donors (Lipinski definition) is 1. The maximum atomic E-state index is 13.7. The maximum Gasteiger partial charge on any atom is 0.260 e. The van der Waals surface area contributed by atoms with Crippen LogP contribution in [0, 0.1) is 5.82 Å². The van der Waals surface area contributed by atoms with Crippen molar-refractivity contribution in [2.24, 2.45) is 0 Å². The number of nitrogens with one attached hydrogen (secondary N) is 1. The van der Waals surface area contributed by atoms with Gasteiger partial charge >= 0.3 is 0 Å². The van der Waals surface area contributed by atoms with Crippen LogP contribution in [0.15, 0.2) is 28.7 Å². The van der Waals surface area contributed by atoms with Crippen LogP contribution in [-0.2, 0) is 0 Å². The fourth-order valence-corrected chi connectivity index (χ4v) is 1.84. The van der Waals surface area contributed by atoms with E-state index in [4.69, 9.17) is 9.47 Å². The van der Waals surface area contributed by atoms with Crippen LogP contribution in [0.25, 0.3) is 0 Å². The molecule has 0 aliphatic heterocycles. The number of ether oxygens (including phenoxy) is 2. The van der Waals surface area contributed by atoms with Crippen molar-refractivity contribution in [3.63, 3.8) is 0 Å². The van der Waals surface area contributed by atoms with Crippen LogP contribution in [0.4, 0.5) is 10.3 Å². The Morgan fingerprint density at radius 3 is 2.33 bits per heavy atom. The van der Waals surface area contributed by atoms with Gasteiger partial charge in [-0.05, 0) is 18.2 Å². The maximum absolute atomic E-state index is 13.7. The zero-order valence-electron chi connectivity index (χ0n) is 11.2. The molecule has 2 rings (SSSR count). The lowest BCUT2D eigenvalue weighted by molar-refractivity contribution is 0.102. The number of nitrogens with zero attached hydrogens (tertiary/aromatic N) is 2. The van der Waals surface area contributed by atoms with Gasteiger partial charge in [-0.25, -0.2) is 4.39 Å². The van der Waals surface area contributed by atoms with Crippen molar-refractivity contribution in [2.75, 3.05) is 19.5 Å². The number of carbonyl (C=O) groups excluding carboxylic acids is 1. The first-order valence-electron chi connectivity index (χ1n) is 5.77. The van der Waals surface area contributed by atoms with Crippen molar-refractivity contribution < 1.29 is 18.7 Å². The molecular weight excluding hydrogens is 345 g/mol. The number of benzene rings is 1. The van der Waals surface area contributed by atoms with Gasteiger partial charge in [-0.15, -0.1) is 0 Å². The number of methoxy groups -OCH3 is 2. The van der Waals surface area contributed by atoms with E-state index in [9.17, 15) is 9.18 Å². The smallest absolute Gasteiger partial charge is 0.260 e. The Kier molecular flexibility index (Phi) is 4.69. The van der Waals surface area contributed by atoms with Gasteiger partial charge in [0.25, 0.3) is 5.91 Å². The molecule has 0 bridgehead atoms. The van der Waals surface area contributed by atoms with Crippen LogP contribution < -0.4 is 14.8 Å². The van der Waals surface area contributed by atoms with Crippen molar-refractivity contribution in [3.8, 4) is 11.8 Å². The largest absolute Gasteiger partial charge is 0.481 e. The molecule has 8 heteroatoms. The van der Waals surface area contributed by atoms with E-state index in [1.165, 1.54) is 32.4 Å². The van der Waals surface area contributed by atoms with Gasteiger partial charge in [-0.2, -0.15) is 9.97 Å². The van der Waals surface area contributed by atoms with Gasteiger partial charge in [0.05, 0.1) is 25.8 Å². The summed E-state index contributed by atoms with van der Waals surface area (Å²) in [5, 5.41) is 2.39. The van der Waals surface area contributed by atoms with E-state index < -0.39 is 11.7 Å². The number of rotatable bonds is 4. The van der Waals surface area contributed by atoms with E-state index >= 15 is 0 Å². The Hall–Kier alpha value is -2.22. The Bertz CT molecular complexity index is 659. The zero-order valence-corrected chi connectivity index (χ0v) is 12.8. The molecule has 1 aromatic heterocycles. The summed E-state index contributed by atoms with van der Waals surface area (Å²) in [6.45, 7) is 0. The van der Waals surface area contributed by atoms with Crippen LogP contribution in [0.2, 0.25) is 0 Å². The molecule has 0 saturated carbocycles. The van der Waals surface area contributed by atoms with Crippen LogP contribution >= 0.6 is 15.9 Å². The molecule has 0 spiro atoms. The second-order valence-corrected chi connectivity index (χ2v) is 4.77. The van der Waals surface area contributed by atoms with Gasteiger partial charge < -0.3 is 9.47 Å². The quantitative estimate of drug-likeness (QED) is 0.912. The van der Waals surface area contributed by atoms with Gasteiger partial charge in [-0.1, -0.05) is 15.9 Å². The van der Waals surface area contributed by atoms with Crippen LogP contribution in [0.5, 0.6) is 11.8 Å². The first-order chi connectivity index (χ1) is 10.0. The third-order valence-corrected chi connectivity index (χ3v) is 2.99. The summed E-state index contributed by atoms with van der Waals surface area (Å²) in [7, 11) is 2.84. The number of anilines is 1. The van der Waals surface area contributed by atoms with Gasteiger partial charge in [0, 0.05) is 4.47 Å². The summed E-state index contributed by atoms with van der Waals surface area (Å²) < 4.78 is 24.2. The predicted octanol–water partition coefficient (Wildman–Crippen LogP) is 2.65. The number of amides is 1. The number of carbonyl (C=O) groups is 1. The first kappa shape index (κ1) is 15.2.